The van der Waals surface area contributed by atoms with Crippen LogP contribution in [0.25, 0.3) is 11.2 Å². The van der Waals surface area contributed by atoms with Crippen molar-refractivity contribution < 1.29 is 109 Å². The van der Waals surface area contributed by atoms with Crippen molar-refractivity contribution in [2.24, 2.45) is 23.7 Å². The first kappa shape index (κ1) is 57.9. The number of nitrogen functional groups attached to an aromatic ring is 1. The van der Waals surface area contributed by atoms with Gasteiger partial charge in [-0.25, -0.2) is 38.5 Å². The Morgan fingerprint density at radius 1 is 0.842 bits per heavy atom. The van der Waals surface area contributed by atoms with E-state index < -0.39 is 154 Å². The number of phosphoric ester groups is 2. The number of rotatable bonds is 23. The summed E-state index contributed by atoms with van der Waals surface area (Å²) < 4.78 is 112. The number of ether oxygens (including phenoxy) is 5. The molecule has 17 atom stereocenters. The van der Waals surface area contributed by atoms with E-state index >= 15 is 0 Å². The van der Waals surface area contributed by atoms with Crippen LogP contribution in [0.2, 0.25) is 0 Å². The average molecular weight is 1160 g/mol. The molecule has 8 rings (SSSR count). The molecule has 422 valence electrons. The molecule has 4 aromatic heterocycles. The first-order valence-corrected chi connectivity index (χ1v) is 29.0. The summed E-state index contributed by atoms with van der Waals surface area (Å²) >= 11 is 0. The molecule has 0 spiro atoms. The van der Waals surface area contributed by atoms with Crippen LogP contribution in [-0.4, -0.2) is 177 Å². The molecule has 4 aliphatic heterocycles. The number of nitrogens with one attached hydrogen (secondary N) is 2. The van der Waals surface area contributed by atoms with E-state index in [-0.39, 0.29) is 47.5 Å². The topological polar surface area (TPSA) is 509 Å². The third kappa shape index (κ3) is 12.6. The Balaban J connectivity index is 0.911. The Kier molecular flexibility index (Phi) is 17.4. The number of aromatic nitrogens is 8. The molecule has 0 radical (unpaired) electrons. The first-order valence-electron chi connectivity index (χ1n) is 22.5. The predicted molar refractivity (Wildman–Crippen MR) is 248 cm³/mol. The van der Waals surface area contributed by atoms with Gasteiger partial charge in [-0.05, 0) is 6.42 Å². The lowest BCUT2D eigenvalue weighted by Gasteiger charge is -2.31. The molecule has 3 fully saturated rings. The number of hydrogen-bond donors (Lipinski definition) is 11. The molecule has 0 saturated carbocycles. The maximum absolute atomic E-state index is 13.5. The van der Waals surface area contributed by atoms with Crippen LogP contribution in [0.3, 0.4) is 0 Å². The van der Waals surface area contributed by atoms with Gasteiger partial charge < -0.3 is 88.7 Å². The Labute approximate surface area is 427 Å². The zero-order chi connectivity index (χ0) is 55.2. The van der Waals surface area contributed by atoms with Crippen molar-refractivity contribution >= 4 is 59.6 Å². The number of fused-ring (bicyclic) bond motifs is 2. The van der Waals surface area contributed by atoms with Crippen LogP contribution in [0.5, 0.6) is 0 Å². The quantitative estimate of drug-likeness (QED) is 0.0248. The molecule has 4 aliphatic rings. The van der Waals surface area contributed by atoms with Gasteiger partial charge in [0.25, 0.3) is 25.2 Å². The van der Waals surface area contributed by atoms with Crippen LogP contribution in [0.15, 0.2) is 45.8 Å². The van der Waals surface area contributed by atoms with Gasteiger partial charge in [0, 0.05) is 39.0 Å². The average Bonchev–Trinajstić information content (AvgIpc) is 4.20. The highest BCUT2D eigenvalue weighted by Gasteiger charge is 2.52. The molecular formula is C36H54N12O24P4. The third-order valence-corrected chi connectivity index (χ3v) is 18.2. The minimum Gasteiger partial charge on any atom is -0.756 e. The number of nitrogens with two attached hydrogens (primary N) is 2. The summed E-state index contributed by atoms with van der Waals surface area (Å²) in [6.45, 7) is -2.77. The fraction of sp³-hybridized carbons (Fsp3) is 0.639. The highest BCUT2D eigenvalue weighted by Crippen LogP contribution is 2.62. The maximum Gasteiger partial charge on any atom is 0.479 e. The van der Waals surface area contributed by atoms with Crippen LogP contribution in [0, 0.1) is 5.92 Å². The monoisotopic (exact) mass is 1160 g/mol. The van der Waals surface area contributed by atoms with Crippen LogP contribution in [0.4, 0.5) is 11.6 Å². The number of nitrogens with zero attached hydrogens (tertiary/aromatic N) is 8. The maximum atomic E-state index is 13.5. The number of imidazole rings is 2. The van der Waals surface area contributed by atoms with Crippen molar-refractivity contribution in [3.63, 3.8) is 0 Å². The van der Waals surface area contributed by atoms with E-state index in [1.807, 2.05) is 4.98 Å². The Morgan fingerprint density at radius 3 is 2.25 bits per heavy atom. The second-order valence-corrected chi connectivity index (χ2v) is 24.4. The van der Waals surface area contributed by atoms with Gasteiger partial charge in [-0.15, -0.1) is 0 Å². The van der Waals surface area contributed by atoms with E-state index in [2.05, 4.69) is 29.6 Å². The Hall–Kier alpha value is -4.29. The van der Waals surface area contributed by atoms with Gasteiger partial charge in [0.15, 0.2) is 30.2 Å². The molecule has 40 heteroatoms. The lowest BCUT2D eigenvalue weighted by Crippen LogP contribution is -2.48. The fourth-order valence-corrected chi connectivity index (χ4v) is 14.5. The number of anilines is 2. The molecule has 5 unspecified atom stereocenters. The number of hydrogen-bond acceptors (Lipinski definition) is 28. The van der Waals surface area contributed by atoms with E-state index in [1.165, 1.54) is 33.5 Å². The standard InChI is InChI=1S/C36H54N12O24P4/c1-45-15-48(30-22(45)31(53)44-35(38)43-30)32-23(50)16(5-7-63-2)17(68-32)10-67-76(61,62)72-74(57,58)9-8-73(55,56)65-12-19-26(27(64-3)34(70-19)47-14-41-21-28(37)39-13-40-29(21)47)71-75(59,60)66-11-18-24(51)25(52)33(69-18)46-6-4-20(49)42-36(46)54/h4,6,13-19,23-27,31-34,50-53H,5,7-12H2,1-3H3,(H9-,37,38,39,40,42,43,44,49,54,55,56,57,58,59,60,61,62)/t16-,17-,18-,19-,23-,24-,25-,26-,27-,31?,32-,33-,34-/m1/s1. The number of phosphoric acid groups is 2. The highest BCUT2D eigenvalue weighted by molar-refractivity contribution is 7.64. The SMILES string of the molecule is COCC[C@H]1[C@@H](O)[C@H]([n+]2cn(C)c3c2NC(N)=NC3O)O[C@@H]1COP(=O)(O)OP(=O)(O)CCP(=O)(O)OC[C@H]1O[C@@H](n2cnc3c(N)ncnc32)[C@H](OC)[C@@H]1OP(=O)([O-])OC[C@H]1O[C@@H](n2ccc(=O)[nH]c2=O)[C@H](O)[C@@H]1O. The molecular weight excluding hydrogens is 1110 g/mol. The molecule has 3 saturated heterocycles. The van der Waals surface area contributed by atoms with Gasteiger partial charge in [0.05, 0.1) is 51.6 Å². The van der Waals surface area contributed by atoms with Crippen LogP contribution < -0.4 is 37.5 Å². The minimum absolute atomic E-state index is 0.0499. The summed E-state index contributed by atoms with van der Waals surface area (Å²) in [7, 11) is -17.4. The summed E-state index contributed by atoms with van der Waals surface area (Å²) in [4.78, 5) is 87.5. The van der Waals surface area contributed by atoms with Gasteiger partial charge in [-0.2, -0.15) is 4.99 Å². The second kappa shape index (κ2) is 22.8. The van der Waals surface area contributed by atoms with Gasteiger partial charge >= 0.3 is 28.7 Å². The lowest BCUT2D eigenvalue weighted by atomic mass is 9.95. The van der Waals surface area contributed by atoms with Crippen molar-refractivity contribution in [2.75, 3.05) is 64.0 Å². The predicted octanol–water partition coefficient (Wildman–Crippen LogP) is -4.15. The Morgan fingerprint density at radius 2 is 1.54 bits per heavy atom. The molecule has 0 bridgehead atoms. The lowest BCUT2D eigenvalue weighted by molar-refractivity contribution is -0.753. The summed E-state index contributed by atoms with van der Waals surface area (Å²) in [6, 6.07) is 0.933. The first-order chi connectivity index (χ1) is 35.7. The van der Waals surface area contributed by atoms with Crippen LogP contribution >= 0.6 is 30.8 Å². The van der Waals surface area contributed by atoms with Crippen molar-refractivity contribution in [1.82, 2.24) is 33.6 Å². The van der Waals surface area contributed by atoms with Gasteiger partial charge in [0.1, 0.15) is 54.6 Å². The van der Waals surface area contributed by atoms with Gasteiger partial charge in [-0.1, -0.05) is 0 Å². The molecule has 13 N–H and O–H groups in total. The molecule has 4 aromatic rings. The normalized spacial score (nSPS) is 31.8. The fourth-order valence-electron chi connectivity index (χ4n) is 8.84. The summed E-state index contributed by atoms with van der Waals surface area (Å²) in [5, 5.41) is 46.0. The molecule has 8 heterocycles. The molecule has 76 heavy (non-hydrogen) atoms. The summed E-state index contributed by atoms with van der Waals surface area (Å²) in [5.74, 6) is -0.825. The van der Waals surface area contributed by atoms with Crippen molar-refractivity contribution in [3.05, 3.63) is 57.8 Å². The summed E-state index contributed by atoms with van der Waals surface area (Å²) in [6.07, 6.45) is -16.1. The molecule has 36 nitrogen and oxygen atoms in total. The number of aromatic amines is 1. The van der Waals surface area contributed by atoms with Crippen molar-refractivity contribution in [1.29, 1.82) is 0 Å². The van der Waals surface area contributed by atoms with E-state index in [9.17, 15) is 67.8 Å². The van der Waals surface area contributed by atoms with E-state index in [0.717, 1.165) is 30.3 Å². The van der Waals surface area contributed by atoms with E-state index in [1.54, 1.807) is 7.05 Å². The number of H-pyrrole nitrogens is 1. The molecule has 0 aromatic carbocycles. The third-order valence-electron chi connectivity index (χ3n) is 12.5. The minimum atomic E-state index is -5.62. The summed E-state index contributed by atoms with van der Waals surface area (Å²) in [5.41, 5.74) is 10.4. The molecule has 0 amide bonds. The van der Waals surface area contributed by atoms with E-state index in [4.69, 9.17) is 53.2 Å². The largest absolute Gasteiger partial charge is 0.756 e. The highest BCUT2D eigenvalue weighted by atomic mass is 31.3. The van der Waals surface area contributed by atoms with Crippen LogP contribution in [-0.2, 0) is 71.4 Å². The number of aliphatic hydroxyl groups is 4. The number of aryl methyl sites for hydroxylation is 1. The number of aliphatic imine (C=N–C) groups is 1. The zero-order valence-corrected chi connectivity index (χ0v) is 43.5. The smallest absolute Gasteiger partial charge is 0.479 e. The van der Waals surface area contributed by atoms with Crippen LogP contribution in [0.1, 0.15) is 37.0 Å². The molecule has 0 aliphatic carbocycles. The van der Waals surface area contributed by atoms with Crippen molar-refractivity contribution in [2.45, 2.75) is 80.2 Å². The van der Waals surface area contributed by atoms with E-state index in [0.29, 0.717) is 0 Å². The van der Waals surface area contributed by atoms with Crippen molar-refractivity contribution in [3.8, 4) is 0 Å². The Bertz CT molecular complexity index is 3110. The van der Waals surface area contributed by atoms with Gasteiger partial charge in [-0.3, -0.25) is 41.7 Å². The van der Waals surface area contributed by atoms with Gasteiger partial charge in [0.2, 0.25) is 18.1 Å². The number of aliphatic hydroxyl groups excluding tert-OH is 4. The zero-order valence-electron chi connectivity index (χ0n) is 39.9. The number of methoxy groups -OCH3 is 2. The second-order valence-electron chi connectivity index (χ2n) is 17.5. The number of guanidine groups is 1.